The highest BCUT2D eigenvalue weighted by molar-refractivity contribution is 6.05. The molecule has 3 nitrogen and oxygen atoms in total. The lowest BCUT2D eigenvalue weighted by Crippen LogP contribution is -2.25. The first kappa shape index (κ1) is 12.0. The van der Waals surface area contributed by atoms with E-state index in [-0.39, 0.29) is 0 Å². The van der Waals surface area contributed by atoms with Gasteiger partial charge in [-0.2, -0.15) is 0 Å². The van der Waals surface area contributed by atoms with E-state index in [9.17, 15) is 14.7 Å². The molecule has 0 amide bonds. The summed E-state index contributed by atoms with van der Waals surface area (Å²) in [4.78, 5) is 21.8. The number of carboxylic acid groups (broad SMARTS) is 1. The molecule has 0 aliphatic carbocycles. The first-order valence-corrected chi connectivity index (χ1v) is 5.55. The van der Waals surface area contributed by atoms with Crippen molar-refractivity contribution in [3.8, 4) is 11.1 Å². The molecular weight excluding hydrogens is 228 g/mol. The zero-order chi connectivity index (χ0) is 13.0. The maximum absolute atomic E-state index is 11.5. The summed E-state index contributed by atoms with van der Waals surface area (Å²) in [6.45, 7) is 0. The molecule has 90 valence electrons. The van der Waals surface area contributed by atoms with Gasteiger partial charge in [-0.05, 0) is 11.1 Å². The summed E-state index contributed by atoms with van der Waals surface area (Å²) in [6.07, 6.45) is -0.579. The van der Waals surface area contributed by atoms with E-state index in [0.717, 1.165) is 11.1 Å². The van der Waals surface area contributed by atoms with Crippen molar-refractivity contribution >= 4 is 11.8 Å². The van der Waals surface area contributed by atoms with E-state index < -0.39 is 18.2 Å². The second-order valence-electron chi connectivity index (χ2n) is 3.92. The van der Waals surface area contributed by atoms with Gasteiger partial charge in [-0.1, -0.05) is 54.6 Å². The quantitative estimate of drug-likeness (QED) is 0.602. The zero-order valence-electron chi connectivity index (χ0n) is 9.63. The second kappa shape index (κ2) is 5.27. The molecule has 0 aromatic heterocycles. The maximum atomic E-state index is 11.5. The van der Waals surface area contributed by atoms with Crippen LogP contribution in [0.4, 0.5) is 0 Å². The molecular formula is C15H11O3-. The molecule has 0 bridgehead atoms. The largest absolute Gasteiger partial charge is 0.550 e. The van der Waals surface area contributed by atoms with Gasteiger partial charge in [0, 0.05) is 11.5 Å². The molecule has 18 heavy (non-hydrogen) atoms. The maximum Gasteiger partial charge on any atom is 0.168 e. The third kappa shape index (κ3) is 2.83. The van der Waals surface area contributed by atoms with Gasteiger partial charge in [-0.25, -0.2) is 0 Å². The van der Waals surface area contributed by atoms with Gasteiger partial charge in [0.2, 0.25) is 0 Å². The number of hydrogen-bond acceptors (Lipinski definition) is 3. The summed E-state index contributed by atoms with van der Waals surface area (Å²) in [7, 11) is 0. The molecule has 0 saturated carbocycles. The summed E-state index contributed by atoms with van der Waals surface area (Å²) in [5.41, 5.74) is 2.43. The lowest BCUT2D eigenvalue weighted by Gasteiger charge is -2.04. The van der Waals surface area contributed by atoms with Crippen LogP contribution in [0.5, 0.6) is 0 Å². The minimum absolute atomic E-state index is 0.388. The highest BCUT2D eigenvalue weighted by Gasteiger charge is 2.06. The number of ketones is 1. The zero-order valence-corrected chi connectivity index (χ0v) is 9.63. The number of Topliss-reactive ketones (excluding diaryl/α,β-unsaturated/α-hetero) is 1. The molecule has 0 radical (unpaired) electrons. The van der Waals surface area contributed by atoms with E-state index in [2.05, 4.69) is 0 Å². The van der Waals surface area contributed by atoms with Gasteiger partial charge in [-0.15, -0.1) is 0 Å². The minimum Gasteiger partial charge on any atom is -0.550 e. The van der Waals surface area contributed by atoms with E-state index in [4.69, 9.17) is 0 Å². The molecule has 0 saturated heterocycles. The predicted octanol–water partition coefficient (Wildman–Crippen LogP) is 1.68. The predicted molar refractivity (Wildman–Crippen MR) is 65.8 cm³/mol. The number of aliphatic carboxylic acids is 1. The van der Waals surface area contributed by atoms with Crippen molar-refractivity contribution in [2.45, 2.75) is 6.42 Å². The van der Waals surface area contributed by atoms with Crippen LogP contribution < -0.4 is 5.11 Å². The van der Waals surface area contributed by atoms with Gasteiger partial charge in [0.25, 0.3) is 0 Å². The van der Waals surface area contributed by atoms with Crippen LogP contribution in [0.25, 0.3) is 11.1 Å². The molecule has 0 unspecified atom stereocenters. The molecule has 0 spiro atoms. The Morgan fingerprint density at radius 1 is 0.833 bits per heavy atom. The lowest BCUT2D eigenvalue weighted by atomic mass is 10.0. The van der Waals surface area contributed by atoms with E-state index in [1.807, 2.05) is 30.3 Å². The van der Waals surface area contributed by atoms with Crippen molar-refractivity contribution in [1.82, 2.24) is 0 Å². The van der Waals surface area contributed by atoms with Crippen LogP contribution in [0.15, 0.2) is 54.6 Å². The average Bonchev–Trinajstić information content (AvgIpc) is 2.39. The SMILES string of the molecule is O=C([O-])CC(=O)c1ccc(-c2ccccc2)cc1. The van der Waals surface area contributed by atoms with Crippen molar-refractivity contribution < 1.29 is 14.7 Å². The number of carbonyl (C=O) groups is 2. The number of hydrogen-bond donors (Lipinski definition) is 0. The monoisotopic (exact) mass is 239 g/mol. The molecule has 0 aliphatic heterocycles. The fourth-order valence-corrected chi connectivity index (χ4v) is 1.71. The third-order valence-corrected chi connectivity index (χ3v) is 2.62. The number of benzene rings is 2. The molecule has 2 aromatic carbocycles. The van der Waals surface area contributed by atoms with Gasteiger partial charge >= 0.3 is 0 Å². The molecule has 3 heteroatoms. The Balaban J connectivity index is 2.20. The van der Waals surface area contributed by atoms with Gasteiger partial charge in [0.15, 0.2) is 5.78 Å². The first-order valence-electron chi connectivity index (χ1n) is 5.55. The number of rotatable bonds is 4. The summed E-state index contributed by atoms with van der Waals surface area (Å²) in [6, 6.07) is 16.6. The molecule has 0 aliphatic rings. The molecule has 2 aromatic rings. The van der Waals surface area contributed by atoms with Crippen LogP contribution in [-0.4, -0.2) is 11.8 Å². The molecule has 0 N–H and O–H groups in total. The number of carbonyl (C=O) groups excluding carboxylic acids is 2. The fraction of sp³-hybridized carbons (Fsp3) is 0.0667. The Bertz CT molecular complexity index is 556. The van der Waals surface area contributed by atoms with Crippen molar-refractivity contribution in [3.05, 3.63) is 60.2 Å². The Morgan fingerprint density at radius 2 is 1.39 bits per heavy atom. The van der Waals surface area contributed by atoms with Gasteiger partial charge < -0.3 is 9.90 Å². The normalized spacial score (nSPS) is 10.0. The van der Waals surface area contributed by atoms with Crippen LogP contribution in [0.1, 0.15) is 16.8 Å². The van der Waals surface area contributed by atoms with E-state index in [1.54, 1.807) is 24.3 Å². The molecule has 0 heterocycles. The highest BCUT2D eigenvalue weighted by Crippen LogP contribution is 2.19. The van der Waals surface area contributed by atoms with Gasteiger partial charge in [-0.3, -0.25) is 4.79 Å². The van der Waals surface area contributed by atoms with Gasteiger partial charge in [0.05, 0.1) is 6.42 Å². The molecule has 0 fully saturated rings. The van der Waals surface area contributed by atoms with E-state index in [1.165, 1.54) is 0 Å². The van der Waals surface area contributed by atoms with Crippen molar-refractivity contribution in [2.75, 3.05) is 0 Å². The van der Waals surface area contributed by atoms with Crippen LogP contribution in [0.3, 0.4) is 0 Å². The van der Waals surface area contributed by atoms with E-state index in [0.29, 0.717) is 5.56 Å². The van der Waals surface area contributed by atoms with Crippen molar-refractivity contribution in [3.63, 3.8) is 0 Å². The number of carboxylic acids is 1. The van der Waals surface area contributed by atoms with Crippen LogP contribution in [-0.2, 0) is 4.79 Å². The topological polar surface area (TPSA) is 57.2 Å². The lowest BCUT2D eigenvalue weighted by molar-refractivity contribution is -0.304. The molecule has 2 rings (SSSR count). The standard InChI is InChI=1S/C15H12O3/c16-14(10-15(17)18)13-8-6-12(7-9-13)11-4-2-1-3-5-11/h1-9H,10H2,(H,17,18)/p-1. The highest BCUT2D eigenvalue weighted by atomic mass is 16.4. The van der Waals surface area contributed by atoms with Crippen LogP contribution in [0.2, 0.25) is 0 Å². The van der Waals surface area contributed by atoms with E-state index >= 15 is 0 Å². The van der Waals surface area contributed by atoms with Gasteiger partial charge in [0.1, 0.15) is 0 Å². The molecule has 0 atom stereocenters. The van der Waals surface area contributed by atoms with Crippen LogP contribution in [0, 0.1) is 0 Å². The Labute approximate surface area is 105 Å². The minimum atomic E-state index is -1.35. The summed E-state index contributed by atoms with van der Waals surface area (Å²) >= 11 is 0. The first-order chi connectivity index (χ1) is 8.66. The Morgan fingerprint density at radius 3 is 1.94 bits per heavy atom. The summed E-state index contributed by atoms with van der Waals surface area (Å²) in [5.74, 6) is -1.79. The van der Waals surface area contributed by atoms with Crippen molar-refractivity contribution in [2.24, 2.45) is 0 Å². The average molecular weight is 239 g/mol. The second-order valence-corrected chi connectivity index (χ2v) is 3.92. The summed E-state index contributed by atoms with van der Waals surface area (Å²) < 4.78 is 0. The summed E-state index contributed by atoms with van der Waals surface area (Å²) in [5, 5.41) is 10.3. The smallest absolute Gasteiger partial charge is 0.168 e. The Kier molecular flexibility index (Phi) is 3.53. The fourth-order valence-electron chi connectivity index (χ4n) is 1.71. The van der Waals surface area contributed by atoms with Crippen LogP contribution >= 0.6 is 0 Å². The van der Waals surface area contributed by atoms with Crippen molar-refractivity contribution in [1.29, 1.82) is 0 Å². The Hall–Kier alpha value is -2.42. The third-order valence-electron chi connectivity index (χ3n) is 2.62.